The molecular formula is C28H29ClFN5O5. The molecule has 2 aromatic carbocycles. The molecule has 0 saturated carbocycles. The Balaban J connectivity index is 1.67. The molecule has 210 valence electrons. The highest BCUT2D eigenvalue weighted by Crippen LogP contribution is 2.37. The molecule has 1 saturated heterocycles. The first kappa shape index (κ1) is 29.2. The van der Waals surface area contributed by atoms with E-state index in [2.05, 4.69) is 27.0 Å². The van der Waals surface area contributed by atoms with E-state index in [4.69, 9.17) is 30.5 Å². The first-order valence-electron chi connectivity index (χ1n) is 12.4. The highest BCUT2D eigenvalue weighted by atomic mass is 35.5. The second kappa shape index (κ2) is 13.0. The first-order valence-corrected chi connectivity index (χ1v) is 12.8. The number of pyridine rings is 1. The van der Waals surface area contributed by atoms with Crippen molar-refractivity contribution in [2.45, 2.75) is 25.4 Å². The van der Waals surface area contributed by atoms with E-state index in [1.165, 1.54) is 44.7 Å². The number of rotatable bonds is 11. The van der Waals surface area contributed by atoms with Crippen LogP contribution in [0.25, 0.3) is 10.9 Å². The number of methoxy groups -OCH3 is 2. The zero-order valence-electron chi connectivity index (χ0n) is 22.2. The largest absolute Gasteiger partial charge is 0.486 e. The molecule has 2 heterocycles. The number of benzene rings is 2. The molecule has 1 aromatic heterocycles. The minimum Gasteiger partial charge on any atom is -0.486 e. The Labute approximate surface area is 236 Å². The summed E-state index contributed by atoms with van der Waals surface area (Å²) in [4.78, 5) is 17.3. The minimum atomic E-state index is -0.993. The van der Waals surface area contributed by atoms with Crippen molar-refractivity contribution in [1.29, 1.82) is 5.26 Å². The molecule has 4 rings (SSSR count). The van der Waals surface area contributed by atoms with Gasteiger partial charge >= 0.3 is 0 Å². The van der Waals surface area contributed by atoms with Crippen LogP contribution in [0.2, 0.25) is 5.02 Å². The predicted octanol–water partition coefficient (Wildman–Crippen LogP) is 4.86. The molecule has 1 aliphatic heterocycles. The Morgan fingerprint density at radius 2 is 2.12 bits per heavy atom. The van der Waals surface area contributed by atoms with E-state index in [9.17, 15) is 14.4 Å². The highest BCUT2D eigenvalue weighted by molar-refractivity contribution is 6.31. The van der Waals surface area contributed by atoms with Crippen LogP contribution in [0.5, 0.6) is 5.75 Å². The fraction of sp³-hybridized carbons (Fsp3) is 0.321. The van der Waals surface area contributed by atoms with Gasteiger partial charge in [-0.25, -0.2) is 4.39 Å². The van der Waals surface area contributed by atoms with Gasteiger partial charge in [0.2, 0.25) is 11.8 Å². The Morgan fingerprint density at radius 3 is 2.80 bits per heavy atom. The van der Waals surface area contributed by atoms with Crippen LogP contribution in [0, 0.1) is 17.1 Å². The number of anilines is 3. The number of nitriles is 1. The minimum absolute atomic E-state index is 0.0677. The molecule has 0 aliphatic carbocycles. The van der Waals surface area contributed by atoms with Crippen LogP contribution in [-0.4, -0.2) is 56.9 Å². The third-order valence-corrected chi connectivity index (χ3v) is 6.60. The predicted molar refractivity (Wildman–Crippen MR) is 149 cm³/mol. The second-order valence-corrected chi connectivity index (χ2v) is 9.42. The van der Waals surface area contributed by atoms with E-state index in [-0.39, 0.29) is 16.7 Å². The Bertz CT molecular complexity index is 1450. The molecule has 3 N–H and O–H groups in total. The maximum absolute atomic E-state index is 13.7. The molecule has 12 heteroatoms. The van der Waals surface area contributed by atoms with Crippen molar-refractivity contribution < 1.29 is 28.1 Å². The number of hydrogen-bond donors (Lipinski definition) is 3. The maximum atomic E-state index is 13.7. The smallest absolute Gasteiger partial charge is 0.248 e. The van der Waals surface area contributed by atoms with E-state index in [1.807, 2.05) is 0 Å². The van der Waals surface area contributed by atoms with E-state index in [1.54, 1.807) is 25.1 Å². The lowest BCUT2D eigenvalue weighted by atomic mass is 10.1. The fourth-order valence-corrected chi connectivity index (χ4v) is 4.13. The van der Waals surface area contributed by atoms with Crippen LogP contribution in [0.15, 0.2) is 48.7 Å². The summed E-state index contributed by atoms with van der Waals surface area (Å²) in [6.45, 7) is 3.01. The van der Waals surface area contributed by atoms with Gasteiger partial charge in [-0.05, 0) is 24.3 Å². The normalized spacial score (nSPS) is 15.3. The molecule has 0 bridgehead atoms. The zero-order chi connectivity index (χ0) is 28.7. The number of hydrogen-bond acceptors (Lipinski definition) is 9. The van der Waals surface area contributed by atoms with Crippen LogP contribution >= 0.6 is 11.6 Å². The van der Waals surface area contributed by atoms with Gasteiger partial charge in [-0.1, -0.05) is 17.7 Å². The number of amides is 1. The summed E-state index contributed by atoms with van der Waals surface area (Å²) in [5.41, 5.74) is 2.02. The van der Waals surface area contributed by atoms with E-state index < -0.39 is 17.6 Å². The number of aromatic nitrogens is 1. The number of halogens is 2. The summed E-state index contributed by atoms with van der Waals surface area (Å²) >= 11 is 5.96. The van der Waals surface area contributed by atoms with Gasteiger partial charge in [-0.15, -0.1) is 0 Å². The summed E-state index contributed by atoms with van der Waals surface area (Å²) in [5, 5.41) is 19.3. The van der Waals surface area contributed by atoms with Gasteiger partial charge in [0.1, 0.15) is 23.7 Å². The zero-order valence-corrected chi connectivity index (χ0v) is 23.0. The van der Waals surface area contributed by atoms with Gasteiger partial charge in [0.05, 0.1) is 40.7 Å². The summed E-state index contributed by atoms with van der Waals surface area (Å²) in [5.74, 6) is -1.56. The van der Waals surface area contributed by atoms with Gasteiger partial charge in [-0.2, -0.15) is 5.26 Å². The molecule has 3 aromatic rings. The second-order valence-electron chi connectivity index (χ2n) is 9.01. The van der Waals surface area contributed by atoms with Crippen LogP contribution in [0.3, 0.4) is 0 Å². The average molecular weight is 570 g/mol. The van der Waals surface area contributed by atoms with E-state index >= 15 is 0 Å². The molecule has 1 fully saturated rings. The topological polar surface area (TPSA) is 127 Å². The van der Waals surface area contributed by atoms with Gasteiger partial charge in [-0.3, -0.25) is 15.1 Å². The summed E-state index contributed by atoms with van der Waals surface area (Å²) < 4.78 is 35.8. The summed E-state index contributed by atoms with van der Waals surface area (Å²) in [6, 6.07) is 9.64. The maximum Gasteiger partial charge on any atom is 0.248 e. The van der Waals surface area contributed by atoms with Crippen molar-refractivity contribution in [2.24, 2.45) is 0 Å². The van der Waals surface area contributed by atoms with Crippen LogP contribution in [0.4, 0.5) is 21.5 Å². The number of ether oxygens (including phenoxy) is 4. The van der Waals surface area contributed by atoms with Crippen LogP contribution in [-0.2, 0) is 19.0 Å². The van der Waals surface area contributed by atoms with Crippen molar-refractivity contribution in [1.82, 2.24) is 10.3 Å². The van der Waals surface area contributed by atoms with Gasteiger partial charge in [0.25, 0.3) is 0 Å². The van der Waals surface area contributed by atoms with Gasteiger partial charge in [0, 0.05) is 63.5 Å². The van der Waals surface area contributed by atoms with Gasteiger partial charge < -0.3 is 29.6 Å². The SMILES string of the molecule is COC(C)(NC/C=C/C(=O)Nc1cc2c(Nc3ccc(F)c(Cl)c3)c(C#N)cnc2cc1OC1CCOC1)OC. The lowest BCUT2D eigenvalue weighted by Crippen LogP contribution is -2.45. The Kier molecular flexibility index (Phi) is 9.52. The molecule has 0 spiro atoms. The van der Waals surface area contributed by atoms with E-state index in [0.717, 1.165) is 0 Å². The number of carbonyl (C=O) groups excluding carboxylic acids is 1. The number of nitrogens with zero attached hydrogens (tertiary/aromatic N) is 2. The van der Waals surface area contributed by atoms with Crippen molar-refractivity contribution >= 4 is 45.5 Å². The van der Waals surface area contributed by atoms with Gasteiger partial charge in [0.15, 0.2) is 0 Å². The third-order valence-electron chi connectivity index (χ3n) is 6.31. The number of nitrogens with one attached hydrogen (secondary N) is 3. The number of carbonyl (C=O) groups is 1. The van der Waals surface area contributed by atoms with Crippen LogP contribution < -0.4 is 20.7 Å². The van der Waals surface area contributed by atoms with Crippen molar-refractivity contribution in [3.05, 3.63) is 65.1 Å². The quantitative estimate of drug-likeness (QED) is 0.219. The summed E-state index contributed by atoms with van der Waals surface area (Å²) in [7, 11) is 3.01. The van der Waals surface area contributed by atoms with Crippen molar-refractivity contribution in [3.63, 3.8) is 0 Å². The molecule has 1 amide bonds. The van der Waals surface area contributed by atoms with Crippen molar-refractivity contribution in [3.8, 4) is 11.8 Å². The number of fused-ring (bicyclic) bond motifs is 1. The third kappa shape index (κ3) is 7.04. The molecule has 1 unspecified atom stereocenters. The molecular weight excluding hydrogens is 541 g/mol. The lowest BCUT2D eigenvalue weighted by molar-refractivity contribution is -0.212. The fourth-order valence-electron chi connectivity index (χ4n) is 3.95. The summed E-state index contributed by atoms with van der Waals surface area (Å²) in [6.07, 6.45) is 4.94. The first-order chi connectivity index (χ1) is 19.2. The molecule has 10 nitrogen and oxygen atoms in total. The molecule has 1 atom stereocenters. The van der Waals surface area contributed by atoms with E-state index in [0.29, 0.717) is 59.9 Å². The van der Waals surface area contributed by atoms with Crippen LogP contribution in [0.1, 0.15) is 18.9 Å². The van der Waals surface area contributed by atoms with Crippen molar-refractivity contribution in [2.75, 3.05) is 44.6 Å². The molecule has 40 heavy (non-hydrogen) atoms. The standard InChI is InChI=1S/C28H29ClFN5O5/c1-28(37-2,38-3)33-9-4-5-26(36)35-24-12-20-23(13-25(24)40-19-8-10-39-16-19)32-15-17(14-31)27(20)34-18-6-7-22(30)21(29)11-18/h4-7,11-13,15,19,33H,8-10,16H2,1-3H3,(H,32,34)(H,35,36)/b5-4+. The Hall–Kier alpha value is -3.79. The lowest BCUT2D eigenvalue weighted by Gasteiger charge is -2.26. The molecule has 0 radical (unpaired) electrons. The highest BCUT2D eigenvalue weighted by Gasteiger charge is 2.22. The molecule has 1 aliphatic rings. The monoisotopic (exact) mass is 569 g/mol. The average Bonchev–Trinajstić information content (AvgIpc) is 3.47. The Morgan fingerprint density at radius 1 is 1.32 bits per heavy atom.